The second-order valence-corrected chi connectivity index (χ2v) is 8.39. The number of nitrogens with zero attached hydrogens (tertiary/aromatic N) is 2. The highest BCUT2D eigenvalue weighted by atomic mass is 35.5. The zero-order valence-corrected chi connectivity index (χ0v) is 16.4. The van der Waals surface area contributed by atoms with Crippen molar-refractivity contribution in [2.45, 2.75) is 59.4 Å². The lowest BCUT2D eigenvalue weighted by molar-refractivity contribution is -0.147. The molecule has 2 saturated heterocycles. The van der Waals surface area contributed by atoms with Crippen molar-refractivity contribution >= 4 is 24.2 Å². The summed E-state index contributed by atoms with van der Waals surface area (Å²) in [6, 6.07) is 0.167. The molecule has 0 aromatic rings. The number of hydrogen-bond acceptors (Lipinski definition) is 3. The van der Waals surface area contributed by atoms with Crippen molar-refractivity contribution in [3.8, 4) is 0 Å². The van der Waals surface area contributed by atoms with E-state index in [0.717, 1.165) is 38.8 Å². The summed E-state index contributed by atoms with van der Waals surface area (Å²) in [6.45, 7) is 10.7. The Morgan fingerprint density at radius 3 is 2.42 bits per heavy atom. The maximum Gasteiger partial charge on any atom is 0.227 e. The summed E-state index contributed by atoms with van der Waals surface area (Å²) in [5.74, 6) is 0.937. The van der Waals surface area contributed by atoms with E-state index >= 15 is 0 Å². The van der Waals surface area contributed by atoms with Crippen molar-refractivity contribution in [1.29, 1.82) is 0 Å². The Balaban J connectivity index is 0.00000288. The molecule has 0 saturated carbocycles. The molecule has 0 bridgehead atoms. The van der Waals surface area contributed by atoms with E-state index in [0.29, 0.717) is 19.0 Å². The Labute approximate surface area is 152 Å². The fourth-order valence-corrected chi connectivity index (χ4v) is 3.84. The van der Waals surface area contributed by atoms with E-state index in [4.69, 9.17) is 5.73 Å². The molecule has 2 N–H and O–H groups in total. The third-order valence-electron chi connectivity index (χ3n) is 5.23. The van der Waals surface area contributed by atoms with Gasteiger partial charge in [-0.15, -0.1) is 12.4 Å². The van der Waals surface area contributed by atoms with Crippen LogP contribution in [0.25, 0.3) is 0 Å². The highest BCUT2D eigenvalue weighted by Crippen LogP contribution is 2.28. The first kappa shape index (κ1) is 21.2. The van der Waals surface area contributed by atoms with Crippen molar-refractivity contribution in [2.24, 2.45) is 23.0 Å². The van der Waals surface area contributed by atoms with Crippen LogP contribution in [0.15, 0.2) is 0 Å². The van der Waals surface area contributed by atoms with Gasteiger partial charge in [0.2, 0.25) is 11.8 Å². The van der Waals surface area contributed by atoms with E-state index in [-0.39, 0.29) is 41.6 Å². The lowest BCUT2D eigenvalue weighted by Gasteiger charge is -2.42. The van der Waals surface area contributed by atoms with Gasteiger partial charge >= 0.3 is 0 Å². The molecule has 24 heavy (non-hydrogen) atoms. The third kappa shape index (κ3) is 4.85. The molecule has 0 aromatic heterocycles. The lowest BCUT2D eigenvalue weighted by atomic mass is 9.88. The zero-order chi connectivity index (χ0) is 17.2. The Bertz CT molecular complexity index is 450. The number of amides is 2. The predicted molar refractivity (Wildman–Crippen MR) is 99.0 cm³/mol. The van der Waals surface area contributed by atoms with Crippen molar-refractivity contribution in [3.05, 3.63) is 0 Å². The van der Waals surface area contributed by atoms with E-state index in [1.807, 2.05) is 30.6 Å². The summed E-state index contributed by atoms with van der Waals surface area (Å²) in [6.07, 6.45) is 3.85. The Kier molecular flexibility index (Phi) is 7.54. The number of likely N-dealkylation sites (tertiary alicyclic amines) is 2. The second kappa shape index (κ2) is 8.52. The van der Waals surface area contributed by atoms with Gasteiger partial charge in [0, 0.05) is 37.6 Å². The van der Waals surface area contributed by atoms with Gasteiger partial charge in [0.1, 0.15) is 0 Å². The number of carbonyl (C=O) groups excluding carboxylic acids is 2. The monoisotopic (exact) mass is 359 g/mol. The molecule has 2 amide bonds. The minimum absolute atomic E-state index is 0. The maximum absolute atomic E-state index is 13.0. The van der Waals surface area contributed by atoms with Crippen LogP contribution in [0.2, 0.25) is 0 Å². The van der Waals surface area contributed by atoms with Gasteiger partial charge in [0.25, 0.3) is 0 Å². The highest BCUT2D eigenvalue weighted by Gasteiger charge is 2.37. The number of nitrogens with two attached hydrogens (primary N) is 1. The molecule has 0 radical (unpaired) electrons. The van der Waals surface area contributed by atoms with Gasteiger partial charge in [-0.05, 0) is 31.6 Å². The van der Waals surface area contributed by atoms with Crippen LogP contribution >= 0.6 is 12.4 Å². The molecule has 0 aromatic carbocycles. The molecule has 6 heteroatoms. The minimum Gasteiger partial charge on any atom is -0.341 e. The largest absolute Gasteiger partial charge is 0.341 e. The first-order chi connectivity index (χ1) is 10.7. The fraction of sp³-hybridized carbons (Fsp3) is 0.889. The zero-order valence-electron chi connectivity index (χ0n) is 15.6. The number of hydrogen-bond donors (Lipinski definition) is 1. The van der Waals surface area contributed by atoms with Crippen LogP contribution in [-0.4, -0.2) is 53.8 Å². The maximum atomic E-state index is 13.0. The summed E-state index contributed by atoms with van der Waals surface area (Å²) < 4.78 is 0. The van der Waals surface area contributed by atoms with Crippen molar-refractivity contribution in [1.82, 2.24) is 9.80 Å². The Morgan fingerprint density at radius 1 is 1.17 bits per heavy atom. The summed E-state index contributed by atoms with van der Waals surface area (Å²) in [4.78, 5) is 29.4. The number of rotatable bonds is 2. The van der Waals surface area contributed by atoms with E-state index in [9.17, 15) is 9.59 Å². The second-order valence-electron chi connectivity index (χ2n) is 8.39. The Hall–Kier alpha value is -0.810. The molecule has 2 aliphatic rings. The summed E-state index contributed by atoms with van der Waals surface area (Å²) in [5.41, 5.74) is 5.51. The third-order valence-corrected chi connectivity index (χ3v) is 5.23. The normalized spacial score (nSPS) is 28.3. The van der Waals surface area contributed by atoms with E-state index < -0.39 is 0 Å². The van der Waals surface area contributed by atoms with Crippen LogP contribution in [0.1, 0.15) is 53.4 Å². The standard InChI is InChI=1S/C18H33N3O2.ClH/c1-13-7-9-21(15(10-13)11-19)16(22)14-6-5-8-20(12-14)17(23)18(2,3)4;/h13-15H,5-12,19H2,1-4H3;1H. The van der Waals surface area contributed by atoms with Crippen molar-refractivity contribution in [2.75, 3.05) is 26.2 Å². The van der Waals surface area contributed by atoms with Crippen molar-refractivity contribution < 1.29 is 9.59 Å². The van der Waals surface area contributed by atoms with Crippen LogP contribution in [0, 0.1) is 17.3 Å². The predicted octanol–water partition coefficient (Wildman–Crippen LogP) is 2.28. The fourth-order valence-electron chi connectivity index (χ4n) is 3.84. The molecule has 0 aliphatic carbocycles. The summed E-state index contributed by atoms with van der Waals surface area (Å²) in [7, 11) is 0. The quantitative estimate of drug-likeness (QED) is 0.822. The van der Waals surface area contributed by atoms with E-state index in [2.05, 4.69) is 6.92 Å². The van der Waals surface area contributed by atoms with Gasteiger partial charge in [0.15, 0.2) is 0 Å². The van der Waals surface area contributed by atoms with Crippen molar-refractivity contribution in [3.63, 3.8) is 0 Å². The molecule has 2 rings (SSSR count). The number of carbonyl (C=O) groups is 2. The van der Waals surface area contributed by atoms with Gasteiger partial charge in [-0.3, -0.25) is 9.59 Å². The first-order valence-corrected chi connectivity index (χ1v) is 9.04. The minimum atomic E-state index is -0.384. The number of halogens is 1. The molecule has 2 heterocycles. The van der Waals surface area contributed by atoms with Crippen LogP contribution < -0.4 is 5.73 Å². The molecule has 2 fully saturated rings. The van der Waals surface area contributed by atoms with E-state index in [1.54, 1.807) is 0 Å². The molecular formula is C18H34ClN3O2. The van der Waals surface area contributed by atoms with E-state index in [1.165, 1.54) is 0 Å². The average molecular weight is 360 g/mol. The van der Waals surface area contributed by atoms with Gasteiger partial charge in [0.05, 0.1) is 5.92 Å². The first-order valence-electron chi connectivity index (χ1n) is 9.04. The topological polar surface area (TPSA) is 66.6 Å². The van der Waals surface area contributed by atoms with Gasteiger partial charge in [-0.2, -0.15) is 0 Å². The lowest BCUT2D eigenvalue weighted by Crippen LogP contribution is -2.54. The van der Waals surface area contributed by atoms with Crippen LogP contribution in [0.4, 0.5) is 0 Å². The summed E-state index contributed by atoms with van der Waals surface area (Å²) in [5, 5.41) is 0. The molecule has 3 atom stereocenters. The van der Waals surface area contributed by atoms with Gasteiger partial charge < -0.3 is 15.5 Å². The highest BCUT2D eigenvalue weighted by molar-refractivity contribution is 5.85. The average Bonchev–Trinajstić information content (AvgIpc) is 2.52. The van der Waals surface area contributed by atoms with Gasteiger partial charge in [-0.25, -0.2) is 0 Å². The smallest absolute Gasteiger partial charge is 0.227 e. The molecule has 2 aliphatic heterocycles. The van der Waals surface area contributed by atoms with Crippen LogP contribution in [-0.2, 0) is 9.59 Å². The molecule has 0 spiro atoms. The molecular weight excluding hydrogens is 326 g/mol. The Morgan fingerprint density at radius 2 is 1.83 bits per heavy atom. The summed E-state index contributed by atoms with van der Waals surface area (Å²) >= 11 is 0. The molecule has 3 unspecified atom stereocenters. The van der Waals surface area contributed by atoms with Gasteiger partial charge in [-0.1, -0.05) is 27.7 Å². The molecule has 140 valence electrons. The van der Waals surface area contributed by atoms with Crippen LogP contribution in [0.3, 0.4) is 0 Å². The number of piperidine rings is 2. The SMILES string of the molecule is CC1CCN(C(=O)C2CCCN(C(=O)C(C)(C)C)C2)C(CN)C1.Cl. The molecule has 5 nitrogen and oxygen atoms in total. The van der Waals surface area contributed by atoms with Crippen LogP contribution in [0.5, 0.6) is 0 Å².